The minimum atomic E-state index is -0.342. The second kappa shape index (κ2) is 8.35. The average Bonchev–Trinajstić information content (AvgIpc) is 2.85. The SMILES string of the molecule is O=C(Nc1cnc(N2CCN(c3ccccc3)CC2)nc1)c1cnc2ccccc2n1. The highest BCUT2D eigenvalue weighted by molar-refractivity contribution is 6.03. The molecular weight excluding hydrogens is 390 g/mol. The smallest absolute Gasteiger partial charge is 0.275 e. The molecule has 1 fully saturated rings. The molecule has 0 unspecified atom stereocenters. The van der Waals surface area contributed by atoms with Crippen LogP contribution in [0.5, 0.6) is 0 Å². The first kappa shape index (κ1) is 18.9. The van der Waals surface area contributed by atoms with Crippen LogP contribution in [0.4, 0.5) is 17.3 Å². The zero-order valence-electron chi connectivity index (χ0n) is 16.8. The third-order valence-corrected chi connectivity index (χ3v) is 5.26. The Morgan fingerprint density at radius 3 is 2.13 bits per heavy atom. The molecule has 1 amide bonds. The maximum atomic E-state index is 12.5. The Hall–Kier alpha value is -4.07. The van der Waals surface area contributed by atoms with Crippen LogP contribution in [-0.4, -0.2) is 52.0 Å². The molecule has 0 spiro atoms. The molecule has 154 valence electrons. The standard InChI is InChI=1S/C23H21N7O/c31-22(21-16-24-19-8-4-5-9-20(19)28-21)27-17-14-25-23(26-15-17)30-12-10-29(11-13-30)18-6-2-1-3-7-18/h1-9,14-16H,10-13H2,(H,27,31). The van der Waals surface area contributed by atoms with E-state index >= 15 is 0 Å². The largest absolute Gasteiger partial charge is 0.368 e. The molecule has 1 aliphatic rings. The summed E-state index contributed by atoms with van der Waals surface area (Å²) < 4.78 is 0. The van der Waals surface area contributed by atoms with Crippen molar-refractivity contribution in [2.45, 2.75) is 0 Å². The summed E-state index contributed by atoms with van der Waals surface area (Å²) in [5, 5.41) is 2.79. The Morgan fingerprint density at radius 1 is 0.742 bits per heavy atom. The second-order valence-corrected chi connectivity index (χ2v) is 7.28. The summed E-state index contributed by atoms with van der Waals surface area (Å²) in [4.78, 5) is 34.6. The number of rotatable bonds is 4. The molecule has 4 aromatic rings. The molecular formula is C23H21N7O. The van der Waals surface area contributed by atoms with Gasteiger partial charge < -0.3 is 15.1 Å². The molecule has 2 aromatic carbocycles. The lowest BCUT2D eigenvalue weighted by molar-refractivity contribution is 0.102. The number of carbonyl (C=O) groups excluding carboxylic acids is 1. The highest BCUT2D eigenvalue weighted by atomic mass is 16.1. The van der Waals surface area contributed by atoms with Crippen LogP contribution in [0, 0.1) is 0 Å². The summed E-state index contributed by atoms with van der Waals surface area (Å²) in [7, 11) is 0. The fraction of sp³-hybridized carbons (Fsp3) is 0.174. The summed E-state index contributed by atoms with van der Waals surface area (Å²) in [6.07, 6.45) is 4.72. The molecule has 1 N–H and O–H groups in total. The predicted molar refractivity (Wildman–Crippen MR) is 120 cm³/mol. The third kappa shape index (κ3) is 4.13. The number of amides is 1. The molecule has 8 heteroatoms. The van der Waals surface area contributed by atoms with E-state index in [1.165, 1.54) is 11.9 Å². The first-order chi connectivity index (χ1) is 15.3. The second-order valence-electron chi connectivity index (χ2n) is 7.28. The quantitative estimate of drug-likeness (QED) is 0.552. The fourth-order valence-electron chi connectivity index (χ4n) is 3.61. The van der Waals surface area contributed by atoms with Gasteiger partial charge in [0.05, 0.1) is 35.3 Å². The first-order valence-corrected chi connectivity index (χ1v) is 10.2. The normalized spacial score (nSPS) is 13.9. The molecule has 0 aliphatic carbocycles. The summed E-state index contributed by atoms with van der Waals surface area (Å²) in [5.74, 6) is 0.322. The number of hydrogen-bond acceptors (Lipinski definition) is 7. The van der Waals surface area contributed by atoms with E-state index in [0.29, 0.717) is 17.2 Å². The van der Waals surface area contributed by atoms with Crippen molar-refractivity contribution in [1.29, 1.82) is 0 Å². The van der Waals surface area contributed by atoms with E-state index in [-0.39, 0.29) is 11.6 Å². The zero-order valence-corrected chi connectivity index (χ0v) is 16.8. The van der Waals surface area contributed by atoms with Crippen LogP contribution in [0.15, 0.2) is 73.2 Å². The summed E-state index contributed by atoms with van der Waals surface area (Å²) >= 11 is 0. The minimum absolute atomic E-state index is 0.250. The predicted octanol–water partition coefficient (Wildman–Crippen LogP) is 3.00. The minimum Gasteiger partial charge on any atom is -0.368 e. The average molecular weight is 411 g/mol. The molecule has 3 heterocycles. The van der Waals surface area contributed by atoms with Gasteiger partial charge in [-0.15, -0.1) is 0 Å². The van der Waals surface area contributed by atoms with Crippen molar-refractivity contribution < 1.29 is 4.79 Å². The van der Waals surface area contributed by atoms with E-state index in [0.717, 1.165) is 31.7 Å². The van der Waals surface area contributed by atoms with Crippen LogP contribution in [-0.2, 0) is 0 Å². The Bertz CT molecular complexity index is 1190. The molecule has 2 aromatic heterocycles. The number of para-hydroxylation sites is 3. The van der Waals surface area contributed by atoms with Crippen LogP contribution in [0.1, 0.15) is 10.5 Å². The van der Waals surface area contributed by atoms with E-state index in [1.807, 2.05) is 30.3 Å². The van der Waals surface area contributed by atoms with Crippen LogP contribution in [0.25, 0.3) is 11.0 Å². The van der Waals surface area contributed by atoms with Gasteiger partial charge in [-0.2, -0.15) is 0 Å². The summed E-state index contributed by atoms with van der Waals surface area (Å²) in [5.41, 5.74) is 3.43. The molecule has 0 bridgehead atoms. The lowest BCUT2D eigenvalue weighted by Crippen LogP contribution is -2.47. The molecule has 0 atom stereocenters. The van der Waals surface area contributed by atoms with E-state index in [4.69, 9.17) is 0 Å². The molecule has 0 radical (unpaired) electrons. The first-order valence-electron chi connectivity index (χ1n) is 10.2. The van der Waals surface area contributed by atoms with Crippen LogP contribution in [0.2, 0.25) is 0 Å². The molecule has 1 aliphatic heterocycles. The van der Waals surface area contributed by atoms with Gasteiger partial charge in [-0.3, -0.25) is 9.78 Å². The lowest BCUT2D eigenvalue weighted by atomic mass is 10.2. The van der Waals surface area contributed by atoms with Gasteiger partial charge in [0.15, 0.2) is 0 Å². The number of piperazine rings is 1. The monoisotopic (exact) mass is 411 g/mol. The van der Waals surface area contributed by atoms with Gasteiger partial charge in [0.2, 0.25) is 5.95 Å². The highest BCUT2D eigenvalue weighted by Crippen LogP contribution is 2.18. The van der Waals surface area contributed by atoms with Gasteiger partial charge in [-0.25, -0.2) is 15.0 Å². The number of aromatic nitrogens is 4. The maximum Gasteiger partial charge on any atom is 0.275 e. The Kier molecular flexibility index (Phi) is 5.10. The molecule has 31 heavy (non-hydrogen) atoms. The van der Waals surface area contributed by atoms with E-state index < -0.39 is 0 Å². The van der Waals surface area contributed by atoms with Gasteiger partial charge in [-0.1, -0.05) is 30.3 Å². The Balaban J connectivity index is 1.21. The number of nitrogens with one attached hydrogen (secondary N) is 1. The van der Waals surface area contributed by atoms with E-state index in [2.05, 4.69) is 59.3 Å². The number of nitrogens with zero attached hydrogens (tertiary/aromatic N) is 6. The van der Waals surface area contributed by atoms with Gasteiger partial charge >= 0.3 is 0 Å². The summed E-state index contributed by atoms with van der Waals surface area (Å²) in [6.45, 7) is 3.50. The number of fused-ring (bicyclic) bond motifs is 1. The van der Waals surface area contributed by atoms with Crippen molar-refractivity contribution in [2.24, 2.45) is 0 Å². The Morgan fingerprint density at radius 2 is 1.39 bits per heavy atom. The van der Waals surface area contributed by atoms with Crippen molar-refractivity contribution in [2.75, 3.05) is 41.3 Å². The summed E-state index contributed by atoms with van der Waals surface area (Å²) in [6, 6.07) is 17.8. The number of anilines is 3. The van der Waals surface area contributed by atoms with Crippen molar-refractivity contribution >= 4 is 34.3 Å². The van der Waals surface area contributed by atoms with Gasteiger partial charge in [0.25, 0.3) is 5.91 Å². The highest BCUT2D eigenvalue weighted by Gasteiger charge is 2.19. The van der Waals surface area contributed by atoms with Crippen molar-refractivity contribution in [3.05, 3.63) is 78.9 Å². The van der Waals surface area contributed by atoms with Crippen LogP contribution < -0.4 is 15.1 Å². The zero-order chi connectivity index (χ0) is 21.0. The Labute approximate surface area is 179 Å². The van der Waals surface area contributed by atoms with Crippen molar-refractivity contribution in [1.82, 2.24) is 19.9 Å². The molecule has 0 saturated carbocycles. The van der Waals surface area contributed by atoms with Crippen molar-refractivity contribution in [3.63, 3.8) is 0 Å². The molecule has 8 nitrogen and oxygen atoms in total. The van der Waals surface area contributed by atoms with Gasteiger partial charge in [0.1, 0.15) is 5.69 Å². The number of carbonyl (C=O) groups is 1. The number of benzene rings is 2. The topological polar surface area (TPSA) is 87.1 Å². The molecule has 1 saturated heterocycles. The maximum absolute atomic E-state index is 12.5. The van der Waals surface area contributed by atoms with E-state index in [1.54, 1.807) is 12.4 Å². The van der Waals surface area contributed by atoms with Crippen LogP contribution in [0.3, 0.4) is 0 Å². The van der Waals surface area contributed by atoms with Crippen LogP contribution >= 0.6 is 0 Å². The fourth-order valence-corrected chi connectivity index (χ4v) is 3.61. The van der Waals surface area contributed by atoms with Gasteiger partial charge in [-0.05, 0) is 24.3 Å². The van der Waals surface area contributed by atoms with E-state index in [9.17, 15) is 4.79 Å². The van der Waals surface area contributed by atoms with Gasteiger partial charge in [0, 0.05) is 31.9 Å². The number of hydrogen-bond donors (Lipinski definition) is 1. The lowest BCUT2D eigenvalue weighted by Gasteiger charge is -2.36. The molecule has 5 rings (SSSR count). The third-order valence-electron chi connectivity index (χ3n) is 5.26. The van der Waals surface area contributed by atoms with Crippen molar-refractivity contribution in [3.8, 4) is 0 Å².